The SMILES string of the molecule is COc1ccc(C(=O)O)cc1NC(=O)OCc1ccccc1. The Morgan fingerprint density at radius 1 is 1.14 bits per heavy atom. The van der Waals surface area contributed by atoms with Crippen LogP contribution in [0.2, 0.25) is 0 Å². The van der Waals surface area contributed by atoms with Gasteiger partial charge >= 0.3 is 12.1 Å². The summed E-state index contributed by atoms with van der Waals surface area (Å²) in [6.07, 6.45) is -0.690. The van der Waals surface area contributed by atoms with E-state index in [9.17, 15) is 9.59 Å². The lowest BCUT2D eigenvalue weighted by atomic mass is 10.2. The third-order valence-corrected chi connectivity index (χ3v) is 2.90. The van der Waals surface area contributed by atoms with Gasteiger partial charge in [0.2, 0.25) is 0 Å². The largest absolute Gasteiger partial charge is 0.495 e. The van der Waals surface area contributed by atoms with Crippen LogP contribution in [0.5, 0.6) is 5.75 Å². The summed E-state index contributed by atoms with van der Waals surface area (Å²) >= 11 is 0. The highest BCUT2D eigenvalue weighted by molar-refractivity contribution is 5.93. The van der Waals surface area contributed by atoms with Crippen molar-refractivity contribution in [1.82, 2.24) is 0 Å². The van der Waals surface area contributed by atoms with Crippen LogP contribution < -0.4 is 10.1 Å². The van der Waals surface area contributed by atoms with Crippen LogP contribution in [0.15, 0.2) is 48.5 Å². The third-order valence-electron chi connectivity index (χ3n) is 2.90. The molecule has 6 nitrogen and oxygen atoms in total. The molecular weight excluding hydrogens is 286 g/mol. The number of carbonyl (C=O) groups excluding carboxylic acids is 1. The second kappa shape index (κ2) is 7.12. The molecule has 2 aromatic rings. The van der Waals surface area contributed by atoms with Gasteiger partial charge in [-0.25, -0.2) is 9.59 Å². The number of carboxylic acids is 1. The number of benzene rings is 2. The van der Waals surface area contributed by atoms with Crippen molar-refractivity contribution in [2.45, 2.75) is 6.61 Å². The topological polar surface area (TPSA) is 84.9 Å². The van der Waals surface area contributed by atoms with Gasteiger partial charge in [-0.15, -0.1) is 0 Å². The van der Waals surface area contributed by atoms with Gasteiger partial charge in [-0.05, 0) is 23.8 Å². The molecule has 0 aromatic heterocycles. The zero-order chi connectivity index (χ0) is 15.9. The summed E-state index contributed by atoms with van der Waals surface area (Å²) < 4.78 is 10.2. The Morgan fingerprint density at radius 3 is 2.50 bits per heavy atom. The number of nitrogens with one attached hydrogen (secondary N) is 1. The van der Waals surface area contributed by atoms with Crippen molar-refractivity contribution in [2.75, 3.05) is 12.4 Å². The molecule has 0 bridgehead atoms. The van der Waals surface area contributed by atoms with Crippen molar-refractivity contribution in [3.8, 4) is 5.75 Å². The van der Waals surface area contributed by atoms with Crippen LogP contribution in [-0.4, -0.2) is 24.3 Å². The molecular formula is C16H15NO5. The predicted octanol–water partition coefficient (Wildman–Crippen LogP) is 3.14. The van der Waals surface area contributed by atoms with Crippen molar-refractivity contribution in [1.29, 1.82) is 0 Å². The summed E-state index contributed by atoms with van der Waals surface area (Å²) in [6, 6.07) is 13.4. The minimum atomic E-state index is -1.09. The maximum Gasteiger partial charge on any atom is 0.412 e. The summed E-state index contributed by atoms with van der Waals surface area (Å²) in [5.74, 6) is -0.745. The second-order valence-corrected chi connectivity index (χ2v) is 4.41. The second-order valence-electron chi connectivity index (χ2n) is 4.41. The Morgan fingerprint density at radius 2 is 1.86 bits per heavy atom. The smallest absolute Gasteiger partial charge is 0.412 e. The minimum Gasteiger partial charge on any atom is -0.495 e. The molecule has 0 fully saturated rings. The molecule has 6 heteroatoms. The number of anilines is 1. The van der Waals surface area contributed by atoms with Gasteiger partial charge in [0, 0.05) is 0 Å². The van der Waals surface area contributed by atoms with E-state index in [1.165, 1.54) is 25.3 Å². The van der Waals surface area contributed by atoms with Crippen molar-refractivity contribution in [3.63, 3.8) is 0 Å². The lowest BCUT2D eigenvalue weighted by molar-refractivity contribution is 0.0696. The quantitative estimate of drug-likeness (QED) is 0.886. The highest BCUT2D eigenvalue weighted by Crippen LogP contribution is 2.25. The molecule has 0 aliphatic rings. The Labute approximate surface area is 127 Å². The molecule has 0 atom stereocenters. The summed E-state index contributed by atoms with van der Waals surface area (Å²) in [4.78, 5) is 22.8. The molecule has 0 radical (unpaired) electrons. The van der Waals surface area contributed by atoms with E-state index in [1.807, 2.05) is 30.3 Å². The molecule has 0 heterocycles. The van der Waals surface area contributed by atoms with E-state index in [0.717, 1.165) is 5.56 Å². The summed E-state index contributed by atoms with van der Waals surface area (Å²) in [5, 5.41) is 11.5. The lowest BCUT2D eigenvalue weighted by Gasteiger charge is -2.11. The highest BCUT2D eigenvalue weighted by Gasteiger charge is 2.12. The first-order chi connectivity index (χ1) is 10.6. The lowest BCUT2D eigenvalue weighted by Crippen LogP contribution is -2.14. The molecule has 0 unspecified atom stereocenters. The van der Waals surface area contributed by atoms with Crippen LogP contribution in [-0.2, 0) is 11.3 Å². The summed E-state index contributed by atoms with van der Waals surface area (Å²) in [6.45, 7) is 0.119. The van der Waals surface area contributed by atoms with Gasteiger partial charge in [-0.3, -0.25) is 5.32 Å². The number of ether oxygens (including phenoxy) is 2. The van der Waals surface area contributed by atoms with Crippen LogP contribution >= 0.6 is 0 Å². The number of methoxy groups -OCH3 is 1. The van der Waals surface area contributed by atoms with Crippen molar-refractivity contribution < 1.29 is 24.2 Å². The fourth-order valence-corrected chi connectivity index (χ4v) is 1.81. The van der Waals surface area contributed by atoms with Crippen molar-refractivity contribution >= 4 is 17.7 Å². The van der Waals surface area contributed by atoms with Gasteiger partial charge in [0.15, 0.2) is 0 Å². The summed E-state index contributed by atoms with van der Waals surface area (Å²) in [5.41, 5.74) is 1.13. The van der Waals surface area contributed by atoms with E-state index in [2.05, 4.69) is 5.32 Å². The minimum absolute atomic E-state index is 0.0409. The fourth-order valence-electron chi connectivity index (χ4n) is 1.81. The molecule has 1 amide bonds. The number of carbonyl (C=O) groups is 2. The maximum atomic E-state index is 11.8. The Hall–Kier alpha value is -3.02. The van der Waals surface area contributed by atoms with Gasteiger partial charge in [-0.2, -0.15) is 0 Å². The van der Waals surface area contributed by atoms with Gasteiger partial charge in [0.1, 0.15) is 12.4 Å². The zero-order valence-corrected chi connectivity index (χ0v) is 11.9. The number of carboxylic acid groups (broad SMARTS) is 1. The molecule has 22 heavy (non-hydrogen) atoms. The van der Waals surface area contributed by atoms with Gasteiger partial charge < -0.3 is 14.6 Å². The molecule has 0 spiro atoms. The number of aromatic carboxylic acids is 1. The van der Waals surface area contributed by atoms with Gasteiger partial charge in [0.05, 0.1) is 18.4 Å². The normalized spacial score (nSPS) is 9.86. The Kier molecular flexibility index (Phi) is 4.98. The predicted molar refractivity (Wildman–Crippen MR) is 80.2 cm³/mol. The average molecular weight is 301 g/mol. The van der Waals surface area contributed by atoms with Crippen LogP contribution in [0.4, 0.5) is 10.5 Å². The molecule has 2 aromatic carbocycles. The monoisotopic (exact) mass is 301 g/mol. The molecule has 0 aliphatic heterocycles. The standard InChI is InChI=1S/C16H15NO5/c1-21-14-8-7-12(15(18)19)9-13(14)17-16(20)22-10-11-5-3-2-4-6-11/h2-9H,10H2,1H3,(H,17,20)(H,18,19). The average Bonchev–Trinajstić information content (AvgIpc) is 2.53. The molecule has 0 aliphatic carbocycles. The molecule has 114 valence electrons. The van der Waals surface area contributed by atoms with Crippen LogP contribution in [0, 0.1) is 0 Å². The molecule has 0 saturated carbocycles. The Balaban J connectivity index is 2.04. The number of hydrogen-bond donors (Lipinski definition) is 2. The van der Waals surface area contributed by atoms with E-state index < -0.39 is 12.1 Å². The number of rotatable bonds is 5. The van der Waals surface area contributed by atoms with Gasteiger partial charge in [-0.1, -0.05) is 30.3 Å². The Bertz CT molecular complexity index is 669. The van der Waals surface area contributed by atoms with E-state index in [1.54, 1.807) is 0 Å². The van der Waals surface area contributed by atoms with Crippen LogP contribution in [0.25, 0.3) is 0 Å². The van der Waals surface area contributed by atoms with Crippen molar-refractivity contribution in [3.05, 3.63) is 59.7 Å². The maximum absolute atomic E-state index is 11.8. The first kappa shape index (κ1) is 15.4. The first-order valence-electron chi connectivity index (χ1n) is 6.49. The zero-order valence-electron chi connectivity index (χ0n) is 11.9. The number of amides is 1. The van der Waals surface area contributed by atoms with E-state index in [0.29, 0.717) is 5.75 Å². The molecule has 2 N–H and O–H groups in total. The fraction of sp³-hybridized carbons (Fsp3) is 0.125. The van der Waals surface area contributed by atoms with Crippen molar-refractivity contribution in [2.24, 2.45) is 0 Å². The highest BCUT2D eigenvalue weighted by atomic mass is 16.5. The molecule has 0 saturated heterocycles. The van der Waals surface area contributed by atoms with E-state index in [-0.39, 0.29) is 17.9 Å². The van der Waals surface area contributed by atoms with Gasteiger partial charge in [0.25, 0.3) is 0 Å². The third kappa shape index (κ3) is 3.99. The van der Waals surface area contributed by atoms with Crippen LogP contribution in [0.3, 0.4) is 0 Å². The summed E-state index contributed by atoms with van der Waals surface area (Å²) in [7, 11) is 1.43. The molecule has 2 rings (SSSR count). The van der Waals surface area contributed by atoms with E-state index in [4.69, 9.17) is 14.6 Å². The first-order valence-corrected chi connectivity index (χ1v) is 6.49. The number of hydrogen-bond acceptors (Lipinski definition) is 4. The van der Waals surface area contributed by atoms with E-state index >= 15 is 0 Å². The van der Waals surface area contributed by atoms with Crippen LogP contribution in [0.1, 0.15) is 15.9 Å².